The molecule has 0 saturated heterocycles. The van der Waals surface area contributed by atoms with Crippen LogP contribution in [0, 0.1) is 0 Å². The molecule has 6 aromatic rings. The van der Waals surface area contributed by atoms with Gasteiger partial charge in [0.2, 0.25) is 0 Å². The first kappa shape index (κ1) is 32.6. The Labute approximate surface area is 275 Å². The third-order valence-corrected chi connectivity index (χ3v) is 7.58. The summed E-state index contributed by atoms with van der Waals surface area (Å²) in [6, 6.07) is 44.1. The minimum atomic E-state index is -1.51. The van der Waals surface area contributed by atoms with Crippen LogP contribution in [0.1, 0.15) is 41.4 Å². The molecule has 0 radical (unpaired) electrons. The van der Waals surface area contributed by atoms with Gasteiger partial charge in [0.05, 0.1) is 22.3 Å². The maximum Gasteiger partial charge on any atom is 0.337 e. The van der Waals surface area contributed by atoms with Crippen LogP contribution in [-0.4, -0.2) is 44.3 Å². The molecule has 0 heterocycles. The molecule has 0 atom stereocenters. The van der Waals surface area contributed by atoms with Gasteiger partial charge in [-0.2, -0.15) is 0 Å². The molecule has 236 valence electrons. The fourth-order valence-corrected chi connectivity index (χ4v) is 5.36. The van der Waals surface area contributed by atoms with Gasteiger partial charge in [0, 0.05) is 5.56 Å². The summed E-state index contributed by atoms with van der Waals surface area (Å²) < 4.78 is 0. The van der Waals surface area contributed by atoms with Crippen molar-refractivity contribution < 1.29 is 39.6 Å². The molecule has 6 rings (SSSR count). The zero-order chi connectivity index (χ0) is 34.2. The SMILES string of the molecule is O=C(O)c1ccc(-c2c(-c3ccccc3)ccc(C(=O)O)c2C(=O)O)cc1C(=O)O.c1ccc(-c2cccc(-c3ccccc3)c2)cc1. The van der Waals surface area contributed by atoms with Crippen molar-refractivity contribution in [1.82, 2.24) is 0 Å². The molecular weight excluding hydrogens is 608 g/mol. The Balaban J connectivity index is 0.000000212. The average molecular weight is 637 g/mol. The molecule has 0 spiro atoms. The monoisotopic (exact) mass is 636 g/mol. The van der Waals surface area contributed by atoms with E-state index in [1.54, 1.807) is 30.3 Å². The first-order valence-corrected chi connectivity index (χ1v) is 14.7. The number of hydrogen-bond donors (Lipinski definition) is 4. The zero-order valence-electron chi connectivity index (χ0n) is 25.3. The van der Waals surface area contributed by atoms with Gasteiger partial charge < -0.3 is 20.4 Å². The van der Waals surface area contributed by atoms with Crippen LogP contribution in [0.15, 0.2) is 146 Å². The van der Waals surface area contributed by atoms with Crippen LogP contribution in [0.4, 0.5) is 0 Å². The van der Waals surface area contributed by atoms with Crippen molar-refractivity contribution in [2.45, 2.75) is 0 Å². The smallest absolute Gasteiger partial charge is 0.337 e. The fourth-order valence-electron chi connectivity index (χ4n) is 5.36. The normalized spacial score (nSPS) is 10.3. The van der Waals surface area contributed by atoms with Crippen LogP contribution in [0.5, 0.6) is 0 Å². The quantitative estimate of drug-likeness (QED) is 0.129. The van der Waals surface area contributed by atoms with Gasteiger partial charge in [-0.3, -0.25) is 0 Å². The summed E-state index contributed by atoms with van der Waals surface area (Å²) in [7, 11) is 0. The van der Waals surface area contributed by atoms with Crippen LogP contribution < -0.4 is 0 Å². The molecule has 8 heteroatoms. The van der Waals surface area contributed by atoms with E-state index in [1.165, 1.54) is 40.5 Å². The lowest BCUT2D eigenvalue weighted by molar-refractivity contribution is 0.0651. The second-order valence-corrected chi connectivity index (χ2v) is 10.6. The van der Waals surface area contributed by atoms with Crippen molar-refractivity contribution in [2.24, 2.45) is 0 Å². The zero-order valence-corrected chi connectivity index (χ0v) is 25.3. The van der Waals surface area contributed by atoms with E-state index in [2.05, 4.69) is 72.8 Å². The highest BCUT2D eigenvalue weighted by Gasteiger charge is 2.26. The number of aromatic carboxylic acids is 4. The molecule has 0 aromatic heterocycles. The van der Waals surface area contributed by atoms with E-state index < -0.39 is 46.1 Å². The Hall–Kier alpha value is -6.80. The highest BCUT2D eigenvalue weighted by molar-refractivity contribution is 6.11. The van der Waals surface area contributed by atoms with Crippen molar-refractivity contribution in [3.05, 3.63) is 168 Å². The number of hydrogen-bond acceptors (Lipinski definition) is 4. The molecule has 0 amide bonds. The fraction of sp³-hybridized carbons (Fsp3) is 0. The number of carboxylic acid groups (broad SMARTS) is 4. The Bertz CT molecular complexity index is 2070. The standard InChI is InChI=1S/C22H14O8.C18H14/c23-19(24)14-7-6-12(10-16(14)21(27)28)17-13(11-4-2-1-3-5-11)8-9-15(20(25)26)18(17)22(29)30;1-3-8-15(9-4-1)17-12-7-13-18(14-17)16-10-5-2-6-11-16/h1-10H,(H,23,24)(H,25,26)(H,27,28)(H,29,30);1-14H. The van der Waals surface area contributed by atoms with E-state index in [0.717, 1.165) is 12.1 Å². The van der Waals surface area contributed by atoms with Gasteiger partial charge in [-0.25, -0.2) is 19.2 Å². The summed E-state index contributed by atoms with van der Waals surface area (Å²) in [5.74, 6) is -5.95. The van der Waals surface area contributed by atoms with Crippen LogP contribution in [-0.2, 0) is 0 Å². The summed E-state index contributed by atoms with van der Waals surface area (Å²) >= 11 is 0. The van der Waals surface area contributed by atoms with Crippen LogP contribution >= 0.6 is 0 Å². The number of benzene rings is 6. The molecule has 0 aliphatic rings. The van der Waals surface area contributed by atoms with E-state index >= 15 is 0 Å². The van der Waals surface area contributed by atoms with Crippen molar-refractivity contribution in [1.29, 1.82) is 0 Å². The third kappa shape index (κ3) is 7.19. The van der Waals surface area contributed by atoms with Crippen molar-refractivity contribution in [3.8, 4) is 44.5 Å². The summed E-state index contributed by atoms with van der Waals surface area (Å²) in [5, 5.41) is 37.9. The molecule has 8 nitrogen and oxygen atoms in total. The van der Waals surface area contributed by atoms with Crippen LogP contribution in [0.3, 0.4) is 0 Å². The molecule has 4 N–H and O–H groups in total. The van der Waals surface area contributed by atoms with E-state index in [9.17, 15) is 39.6 Å². The molecule has 6 aromatic carbocycles. The highest BCUT2D eigenvalue weighted by atomic mass is 16.4. The Morgan fingerprint density at radius 2 is 0.771 bits per heavy atom. The van der Waals surface area contributed by atoms with E-state index in [0.29, 0.717) is 11.1 Å². The van der Waals surface area contributed by atoms with Gasteiger partial charge in [0.25, 0.3) is 0 Å². The molecule has 0 bridgehead atoms. The van der Waals surface area contributed by atoms with E-state index in [4.69, 9.17) is 0 Å². The molecule has 48 heavy (non-hydrogen) atoms. The lowest BCUT2D eigenvalue weighted by atomic mass is 9.86. The second kappa shape index (κ2) is 14.5. The molecule has 0 aliphatic heterocycles. The minimum absolute atomic E-state index is 0.0203. The molecule has 0 unspecified atom stereocenters. The maximum atomic E-state index is 12.0. The number of rotatable bonds is 8. The molecule has 0 fully saturated rings. The van der Waals surface area contributed by atoms with Crippen molar-refractivity contribution in [3.63, 3.8) is 0 Å². The average Bonchev–Trinajstić information content (AvgIpc) is 3.12. The van der Waals surface area contributed by atoms with Gasteiger partial charge >= 0.3 is 23.9 Å². The van der Waals surface area contributed by atoms with Crippen molar-refractivity contribution in [2.75, 3.05) is 0 Å². The summed E-state index contributed by atoms with van der Waals surface area (Å²) in [6.07, 6.45) is 0. The third-order valence-electron chi connectivity index (χ3n) is 7.58. The Morgan fingerprint density at radius 3 is 1.23 bits per heavy atom. The lowest BCUT2D eigenvalue weighted by Crippen LogP contribution is -2.12. The van der Waals surface area contributed by atoms with Crippen LogP contribution in [0.25, 0.3) is 44.5 Å². The minimum Gasteiger partial charge on any atom is -0.478 e. The number of carboxylic acids is 4. The summed E-state index contributed by atoms with van der Waals surface area (Å²) in [5.41, 5.74) is 4.00. The largest absolute Gasteiger partial charge is 0.478 e. The Morgan fingerprint density at radius 1 is 0.333 bits per heavy atom. The van der Waals surface area contributed by atoms with E-state index in [-0.39, 0.29) is 11.1 Å². The van der Waals surface area contributed by atoms with Gasteiger partial charge in [-0.05, 0) is 63.2 Å². The van der Waals surface area contributed by atoms with Gasteiger partial charge in [-0.1, -0.05) is 121 Å². The number of carbonyl (C=O) groups is 4. The van der Waals surface area contributed by atoms with E-state index in [1.807, 2.05) is 12.1 Å². The maximum absolute atomic E-state index is 12.0. The van der Waals surface area contributed by atoms with Gasteiger partial charge in [0.1, 0.15) is 0 Å². The first-order valence-electron chi connectivity index (χ1n) is 14.7. The predicted molar refractivity (Wildman–Crippen MR) is 182 cm³/mol. The molecular formula is C40H28O8. The first-order chi connectivity index (χ1) is 23.2. The molecule has 0 saturated carbocycles. The van der Waals surface area contributed by atoms with Crippen LogP contribution in [0.2, 0.25) is 0 Å². The predicted octanol–water partition coefficient (Wildman–Crippen LogP) is 8.83. The lowest BCUT2D eigenvalue weighted by Gasteiger charge is -2.16. The van der Waals surface area contributed by atoms with Gasteiger partial charge in [-0.15, -0.1) is 0 Å². The van der Waals surface area contributed by atoms with Crippen molar-refractivity contribution >= 4 is 23.9 Å². The molecule has 0 aliphatic carbocycles. The van der Waals surface area contributed by atoms with Gasteiger partial charge in [0.15, 0.2) is 0 Å². The Kier molecular flexibility index (Phi) is 9.87. The second-order valence-electron chi connectivity index (χ2n) is 10.6. The summed E-state index contributed by atoms with van der Waals surface area (Å²) in [4.78, 5) is 46.6. The summed E-state index contributed by atoms with van der Waals surface area (Å²) in [6.45, 7) is 0. The topological polar surface area (TPSA) is 149 Å². The highest BCUT2D eigenvalue weighted by Crippen LogP contribution is 2.38.